The Labute approximate surface area is 92.3 Å². The molecule has 13 heavy (non-hydrogen) atoms. The van der Waals surface area contributed by atoms with Gasteiger partial charge in [-0.3, -0.25) is 0 Å². The summed E-state index contributed by atoms with van der Waals surface area (Å²) in [5.74, 6) is 0. The molecule has 0 atom stereocenters. The molecule has 0 aromatic heterocycles. The summed E-state index contributed by atoms with van der Waals surface area (Å²) in [6.07, 6.45) is 0. The van der Waals surface area contributed by atoms with Gasteiger partial charge in [0, 0.05) is 0 Å². The van der Waals surface area contributed by atoms with Crippen molar-refractivity contribution in [2.24, 2.45) is 0 Å². The van der Waals surface area contributed by atoms with Gasteiger partial charge in [0.1, 0.15) is 0 Å². The van der Waals surface area contributed by atoms with E-state index in [9.17, 15) is 0 Å². The zero-order chi connectivity index (χ0) is 10.5. The first kappa shape index (κ1) is 14.4. The molecule has 0 unspecified atom stereocenters. The third-order valence-corrected chi connectivity index (χ3v) is 19.9. The van der Waals surface area contributed by atoms with Gasteiger partial charge in [-0.05, 0) is 0 Å². The normalized spacial score (nSPS) is 13.4. The van der Waals surface area contributed by atoms with Gasteiger partial charge >= 0.3 is 92.9 Å². The zero-order valence-electron chi connectivity index (χ0n) is 10.2. The van der Waals surface area contributed by atoms with Gasteiger partial charge in [0.15, 0.2) is 0 Å². The summed E-state index contributed by atoms with van der Waals surface area (Å²) in [6, 6.07) is 0. The van der Waals surface area contributed by atoms with E-state index in [1.54, 1.807) is 0 Å². The minimum absolute atomic E-state index is 1.31. The van der Waals surface area contributed by atoms with Crippen LogP contribution in [-0.2, 0) is 35.9 Å². The number of rotatable bonds is 6. The second-order valence-corrected chi connectivity index (χ2v) is 19.7. The fourth-order valence-corrected chi connectivity index (χ4v) is 18.0. The summed E-state index contributed by atoms with van der Waals surface area (Å²) < 4.78 is 12.0. The first-order valence-electron chi connectivity index (χ1n) is 5.65. The molecule has 0 aliphatic heterocycles. The Balaban J connectivity index is 4.41. The quantitative estimate of drug-likeness (QED) is 0.610. The molecule has 0 amide bonds. The molecule has 0 aromatic rings. The molecule has 0 N–H and O–H groups in total. The van der Waals surface area contributed by atoms with Crippen LogP contribution >= 0.6 is 0 Å². The van der Waals surface area contributed by atoms with E-state index in [-0.39, 0.29) is 0 Å². The Morgan fingerprint density at radius 2 is 1.15 bits per heavy atom. The summed E-state index contributed by atoms with van der Waals surface area (Å²) in [5, 5.41) is 4.84. The Hall–Kier alpha value is 1.39. The van der Waals surface area contributed by atoms with Crippen molar-refractivity contribution in [1.82, 2.24) is 0 Å². The van der Waals surface area contributed by atoms with Crippen LogP contribution in [0.3, 0.4) is 0 Å². The molecule has 0 bridgehead atoms. The van der Waals surface area contributed by atoms with Gasteiger partial charge in [-0.15, -0.1) is 0 Å². The summed E-state index contributed by atoms with van der Waals surface area (Å²) in [5.41, 5.74) is 0. The topological polar surface area (TPSA) is 9.23 Å². The van der Waals surface area contributed by atoms with Crippen LogP contribution in [0, 0.1) is 0 Å². The van der Waals surface area contributed by atoms with Crippen molar-refractivity contribution in [2.45, 2.75) is 57.1 Å². The summed E-state index contributed by atoms with van der Waals surface area (Å²) in [6.45, 7) is 9.30. The molecule has 0 spiro atoms. The molecule has 0 saturated heterocycles. The van der Waals surface area contributed by atoms with Gasteiger partial charge in [0.05, 0.1) is 0 Å². The Bertz CT molecular complexity index is 134. The van der Waals surface area contributed by atoms with E-state index < -0.39 is 34.0 Å². The standard InChI is InChI=1S/4C2H5.2CH3.O.2Ti/c4*1-2;;;;;/h4*1H2,2H3;2*1H3;;;. The van der Waals surface area contributed by atoms with E-state index in [0.717, 1.165) is 0 Å². The van der Waals surface area contributed by atoms with Crippen molar-refractivity contribution in [1.29, 1.82) is 0 Å². The van der Waals surface area contributed by atoms with Gasteiger partial charge in [-0.1, -0.05) is 0 Å². The van der Waals surface area contributed by atoms with Crippen LogP contribution in [0.2, 0.25) is 29.4 Å². The van der Waals surface area contributed by atoms with E-state index in [4.69, 9.17) is 1.90 Å². The minimum atomic E-state index is -1.81. The average Bonchev–Trinajstić information content (AvgIpc) is 2.14. The summed E-state index contributed by atoms with van der Waals surface area (Å²) in [4.78, 5) is 0. The maximum atomic E-state index is 6.60. The van der Waals surface area contributed by atoms with Crippen LogP contribution in [0.25, 0.3) is 0 Å². The monoisotopic (exact) mass is 258 g/mol. The van der Waals surface area contributed by atoms with Crippen molar-refractivity contribution in [3.8, 4) is 0 Å². The molecule has 0 heterocycles. The molecule has 0 aliphatic rings. The first-order chi connectivity index (χ1) is 5.95. The van der Waals surface area contributed by atoms with Crippen LogP contribution < -0.4 is 0 Å². The maximum absolute atomic E-state index is 6.60. The SMILES string of the molecule is C[CH2][Ti]([CH3])([CH3])[O][Ti]([CH2]C)([CH2]C)[CH2]C. The second kappa shape index (κ2) is 6.08. The van der Waals surface area contributed by atoms with Crippen LogP contribution in [-0.4, -0.2) is 0 Å². The molecule has 0 rings (SSSR count). The predicted octanol–water partition coefficient (Wildman–Crippen LogP) is 4.99. The van der Waals surface area contributed by atoms with Crippen molar-refractivity contribution >= 4 is 0 Å². The van der Waals surface area contributed by atoms with Crippen LogP contribution in [0.15, 0.2) is 0 Å². The van der Waals surface area contributed by atoms with Crippen molar-refractivity contribution in [3.63, 3.8) is 0 Å². The Kier molecular flexibility index (Phi) is 6.73. The van der Waals surface area contributed by atoms with Gasteiger partial charge in [-0.2, -0.15) is 0 Å². The van der Waals surface area contributed by atoms with Crippen molar-refractivity contribution < 1.29 is 35.9 Å². The summed E-state index contributed by atoms with van der Waals surface area (Å²) >= 11 is -3.59. The second-order valence-electron chi connectivity index (χ2n) is 4.46. The molecule has 0 fully saturated rings. The molecule has 3 heteroatoms. The van der Waals surface area contributed by atoms with Crippen molar-refractivity contribution in [3.05, 3.63) is 0 Å². The van der Waals surface area contributed by atoms with Gasteiger partial charge < -0.3 is 0 Å². The third kappa shape index (κ3) is 4.62. The fraction of sp³-hybridized carbons (Fsp3) is 1.00. The molecular weight excluding hydrogens is 232 g/mol. The fourth-order valence-electron chi connectivity index (χ4n) is 1.62. The van der Waals surface area contributed by atoms with Crippen molar-refractivity contribution in [2.75, 3.05) is 0 Å². The Morgan fingerprint density at radius 3 is 1.38 bits per heavy atom. The van der Waals surface area contributed by atoms with Crippen LogP contribution in [0.5, 0.6) is 0 Å². The van der Waals surface area contributed by atoms with Crippen LogP contribution in [0.4, 0.5) is 0 Å². The van der Waals surface area contributed by atoms with E-state index in [0.29, 0.717) is 0 Å². The Morgan fingerprint density at radius 1 is 0.769 bits per heavy atom. The van der Waals surface area contributed by atoms with E-state index in [1.165, 1.54) is 18.9 Å². The summed E-state index contributed by atoms with van der Waals surface area (Å²) in [7, 11) is 0. The molecule has 0 radical (unpaired) electrons. The number of hydrogen-bond donors (Lipinski definition) is 0. The predicted molar refractivity (Wildman–Crippen MR) is 54.7 cm³/mol. The number of hydrogen-bond acceptors (Lipinski definition) is 1. The molecule has 0 aromatic carbocycles. The molecule has 0 aliphatic carbocycles. The van der Waals surface area contributed by atoms with E-state index >= 15 is 0 Å². The zero-order valence-corrected chi connectivity index (χ0v) is 13.4. The van der Waals surface area contributed by atoms with Crippen LogP contribution in [0.1, 0.15) is 27.7 Å². The van der Waals surface area contributed by atoms with Gasteiger partial charge in [0.2, 0.25) is 0 Å². The van der Waals surface area contributed by atoms with Gasteiger partial charge in [-0.25, -0.2) is 0 Å². The van der Waals surface area contributed by atoms with E-state index in [2.05, 4.69) is 38.2 Å². The molecule has 80 valence electrons. The van der Waals surface area contributed by atoms with Gasteiger partial charge in [0.25, 0.3) is 0 Å². The van der Waals surface area contributed by atoms with E-state index in [1.807, 2.05) is 0 Å². The molecular formula is C10H26OTi2. The third-order valence-electron chi connectivity index (χ3n) is 3.28. The first-order valence-corrected chi connectivity index (χ1v) is 14.5. The molecule has 1 nitrogen and oxygen atoms in total. The average molecular weight is 258 g/mol. The molecule has 0 saturated carbocycles.